The van der Waals surface area contributed by atoms with Crippen LogP contribution in [0.25, 0.3) is 0 Å². The minimum absolute atomic E-state index is 0.315. The van der Waals surface area contributed by atoms with Crippen LogP contribution in [0.5, 0.6) is 0 Å². The van der Waals surface area contributed by atoms with Crippen LogP contribution in [0.4, 0.5) is 0 Å². The summed E-state index contributed by atoms with van der Waals surface area (Å²) >= 11 is 0. The number of nitrogens with one attached hydrogen (secondary N) is 1. The van der Waals surface area contributed by atoms with Crippen molar-refractivity contribution in [2.45, 2.75) is 12.8 Å². The smallest absolute Gasteiger partial charge is 0.235 e. The van der Waals surface area contributed by atoms with Crippen molar-refractivity contribution >= 4 is 5.96 Å². The van der Waals surface area contributed by atoms with Gasteiger partial charge in [0.1, 0.15) is 0 Å². The number of aliphatic imine (C=N–C) groups is 1. The third-order valence-corrected chi connectivity index (χ3v) is 1.11. The van der Waals surface area contributed by atoms with Gasteiger partial charge in [0.2, 0.25) is 5.96 Å². The first kappa shape index (κ1) is 9.23. The van der Waals surface area contributed by atoms with Crippen LogP contribution in [0.2, 0.25) is 0 Å². The first-order chi connectivity index (χ1) is 4.77. The molecule has 4 heteroatoms. The van der Waals surface area contributed by atoms with Crippen LogP contribution in [0.3, 0.4) is 0 Å². The van der Waals surface area contributed by atoms with Crippen molar-refractivity contribution < 1.29 is 0 Å². The molecule has 4 nitrogen and oxygen atoms in total. The Morgan fingerprint density at radius 1 is 1.60 bits per heavy atom. The summed E-state index contributed by atoms with van der Waals surface area (Å²) in [5.41, 5.74) is 13.3. The van der Waals surface area contributed by atoms with E-state index >= 15 is 0 Å². The van der Waals surface area contributed by atoms with E-state index in [1.807, 2.05) is 7.05 Å². The number of rotatable bonds is 5. The molecule has 2 radical (unpaired) electrons. The van der Waals surface area contributed by atoms with Crippen molar-refractivity contribution in [3.63, 3.8) is 0 Å². The van der Waals surface area contributed by atoms with Crippen LogP contribution >= 0.6 is 0 Å². The predicted molar refractivity (Wildman–Crippen MR) is 41.8 cm³/mol. The molecule has 3 N–H and O–H groups in total. The molecule has 0 amide bonds. The summed E-state index contributed by atoms with van der Waals surface area (Å²) in [7, 11) is 1.91. The minimum Gasteiger partial charge on any atom is -0.367 e. The van der Waals surface area contributed by atoms with E-state index in [-0.39, 0.29) is 5.96 Å². The second-order valence-corrected chi connectivity index (χ2v) is 2.05. The minimum atomic E-state index is -0.315. The predicted octanol–water partition coefficient (Wildman–Crippen LogP) is -0.631. The standard InChI is InChI=1S/C6H14N4/c1-9-4-2-3-5-10-6(7)8/h9H,2-5H2,1H3,(H2,7,10). The molecule has 0 rings (SSSR count). The van der Waals surface area contributed by atoms with Crippen LogP contribution in [0.1, 0.15) is 12.8 Å². The maximum atomic E-state index is 8.42. The summed E-state index contributed by atoms with van der Waals surface area (Å²) in [4.78, 5) is 3.62. The highest BCUT2D eigenvalue weighted by molar-refractivity contribution is 5.74. The summed E-state index contributed by atoms with van der Waals surface area (Å²) in [6, 6.07) is 0. The zero-order chi connectivity index (χ0) is 7.82. The number of nitrogens with zero attached hydrogens (tertiary/aromatic N) is 2. The number of nitrogens with two attached hydrogens (primary N) is 1. The van der Waals surface area contributed by atoms with Gasteiger partial charge >= 0.3 is 0 Å². The highest BCUT2D eigenvalue weighted by Gasteiger charge is 1.85. The molecule has 0 saturated heterocycles. The monoisotopic (exact) mass is 142 g/mol. The highest BCUT2D eigenvalue weighted by atomic mass is 15.0. The molecule has 0 heterocycles. The zero-order valence-corrected chi connectivity index (χ0v) is 6.30. The lowest BCUT2D eigenvalue weighted by molar-refractivity contribution is 0.684. The molecule has 58 valence electrons. The van der Waals surface area contributed by atoms with Gasteiger partial charge in [0.15, 0.2) is 0 Å². The summed E-state index contributed by atoms with van der Waals surface area (Å²) in [6.45, 7) is 1.60. The number of unbranched alkanes of at least 4 members (excludes halogenated alkanes) is 1. The third kappa shape index (κ3) is 7.23. The maximum Gasteiger partial charge on any atom is 0.235 e. The largest absolute Gasteiger partial charge is 0.367 e. The summed E-state index contributed by atoms with van der Waals surface area (Å²) < 4.78 is 0. The summed E-state index contributed by atoms with van der Waals surface area (Å²) in [6.07, 6.45) is 2.02. The first-order valence-electron chi connectivity index (χ1n) is 3.41. The molecule has 0 aromatic rings. The fourth-order valence-electron chi connectivity index (χ4n) is 0.607. The Morgan fingerprint density at radius 2 is 2.30 bits per heavy atom. The van der Waals surface area contributed by atoms with Gasteiger partial charge in [-0.25, -0.2) is 0 Å². The molecule has 0 aliphatic carbocycles. The maximum absolute atomic E-state index is 8.42. The second kappa shape index (κ2) is 6.35. The number of guanidine groups is 1. The van der Waals surface area contributed by atoms with Gasteiger partial charge < -0.3 is 11.1 Å². The lowest BCUT2D eigenvalue weighted by Crippen LogP contribution is -2.13. The summed E-state index contributed by atoms with van der Waals surface area (Å²) in [5, 5.41) is 3.01. The Labute approximate surface area is 61.7 Å². The molecular formula is C6H14N4. The molecule has 0 spiro atoms. The second-order valence-electron chi connectivity index (χ2n) is 2.05. The van der Waals surface area contributed by atoms with E-state index in [0.29, 0.717) is 6.54 Å². The molecule has 0 aliphatic heterocycles. The van der Waals surface area contributed by atoms with E-state index in [2.05, 4.69) is 10.3 Å². The van der Waals surface area contributed by atoms with Crippen molar-refractivity contribution in [1.29, 1.82) is 0 Å². The lowest BCUT2D eigenvalue weighted by Gasteiger charge is -1.95. The molecule has 0 aliphatic rings. The van der Waals surface area contributed by atoms with E-state index in [1.54, 1.807) is 0 Å². The van der Waals surface area contributed by atoms with Gasteiger partial charge in [-0.2, -0.15) is 0 Å². The fourth-order valence-corrected chi connectivity index (χ4v) is 0.607. The molecule has 10 heavy (non-hydrogen) atoms. The normalized spacial score (nSPS) is 11.9. The molecular weight excluding hydrogens is 128 g/mol. The van der Waals surface area contributed by atoms with Crippen LogP contribution in [-0.2, 0) is 0 Å². The van der Waals surface area contributed by atoms with Crippen LogP contribution in [0, 0.1) is 0 Å². The Kier molecular flexibility index (Phi) is 5.86. The number of hydrogen-bond donors (Lipinski definition) is 2. The van der Waals surface area contributed by atoms with E-state index in [0.717, 1.165) is 19.4 Å². The van der Waals surface area contributed by atoms with Crippen molar-refractivity contribution in [3.05, 3.63) is 0 Å². The van der Waals surface area contributed by atoms with Gasteiger partial charge in [0.25, 0.3) is 0 Å². The Hall–Kier alpha value is -0.770. The quantitative estimate of drug-likeness (QED) is 0.305. The Bertz CT molecular complexity index is 95.9. The zero-order valence-electron chi connectivity index (χ0n) is 6.30. The van der Waals surface area contributed by atoms with Crippen molar-refractivity contribution in [3.8, 4) is 0 Å². The molecule has 0 bridgehead atoms. The lowest BCUT2D eigenvalue weighted by atomic mass is 10.3. The highest BCUT2D eigenvalue weighted by Crippen LogP contribution is 1.86. The van der Waals surface area contributed by atoms with Crippen LogP contribution in [0.15, 0.2) is 4.99 Å². The third-order valence-electron chi connectivity index (χ3n) is 1.11. The molecule has 0 unspecified atom stereocenters. The van der Waals surface area contributed by atoms with E-state index < -0.39 is 0 Å². The molecule has 0 fully saturated rings. The van der Waals surface area contributed by atoms with Crippen LogP contribution < -0.4 is 16.8 Å². The SMILES string of the molecule is CNCCCCN=C([N])N. The van der Waals surface area contributed by atoms with Gasteiger partial charge in [-0.15, -0.1) is 5.73 Å². The summed E-state index contributed by atoms with van der Waals surface area (Å²) in [5.74, 6) is -0.315. The average molecular weight is 142 g/mol. The van der Waals surface area contributed by atoms with Crippen molar-refractivity contribution in [2.24, 2.45) is 10.7 Å². The van der Waals surface area contributed by atoms with Crippen molar-refractivity contribution in [2.75, 3.05) is 20.1 Å². The van der Waals surface area contributed by atoms with Gasteiger partial charge in [0, 0.05) is 6.54 Å². The van der Waals surface area contributed by atoms with Crippen molar-refractivity contribution in [1.82, 2.24) is 11.1 Å². The van der Waals surface area contributed by atoms with E-state index in [1.165, 1.54) is 0 Å². The molecule has 0 saturated carbocycles. The molecule has 0 aromatic heterocycles. The molecule has 0 aromatic carbocycles. The first-order valence-corrected chi connectivity index (χ1v) is 3.41. The van der Waals surface area contributed by atoms with E-state index in [9.17, 15) is 0 Å². The average Bonchev–Trinajstić information content (AvgIpc) is 1.87. The van der Waals surface area contributed by atoms with Gasteiger partial charge in [-0.05, 0) is 26.4 Å². The topological polar surface area (TPSA) is 72.7 Å². The fraction of sp³-hybridized carbons (Fsp3) is 0.833. The van der Waals surface area contributed by atoms with Crippen LogP contribution in [-0.4, -0.2) is 26.1 Å². The van der Waals surface area contributed by atoms with Gasteiger partial charge in [0.05, 0.1) is 0 Å². The van der Waals surface area contributed by atoms with E-state index in [4.69, 9.17) is 11.5 Å². The van der Waals surface area contributed by atoms with Gasteiger partial charge in [-0.3, -0.25) is 4.99 Å². The Morgan fingerprint density at radius 3 is 2.80 bits per heavy atom. The van der Waals surface area contributed by atoms with Gasteiger partial charge in [-0.1, -0.05) is 0 Å². The Balaban J connectivity index is 2.98. The molecule has 0 atom stereocenters. The number of hydrogen-bond acceptors (Lipinski definition) is 2.